The highest BCUT2D eigenvalue weighted by Gasteiger charge is 2.32. The SMILES string of the molecule is CCCCCN1C(=O)/C(=C/C2=Cc3ccccc3O[C@@H]2C)SC1=S. The summed E-state index contributed by atoms with van der Waals surface area (Å²) < 4.78 is 6.60. The standard InChI is InChI=1S/C19H21NO2S2/c1-3-4-7-10-20-18(21)17(24-19(20)23)12-15-11-14-8-5-6-9-16(14)22-13(15)2/h5-6,8-9,11-13H,3-4,7,10H2,1-2H3/b17-12-/t13-/m1/s1. The lowest BCUT2D eigenvalue weighted by Crippen LogP contribution is -2.29. The molecule has 0 saturated carbocycles. The number of thiocarbonyl (C=S) groups is 1. The van der Waals surface area contributed by atoms with Gasteiger partial charge >= 0.3 is 0 Å². The molecule has 1 atom stereocenters. The van der Waals surface area contributed by atoms with Crippen LogP contribution in [0.3, 0.4) is 0 Å². The van der Waals surface area contributed by atoms with Crippen LogP contribution in [0.4, 0.5) is 0 Å². The maximum absolute atomic E-state index is 12.6. The Morgan fingerprint density at radius 3 is 2.92 bits per heavy atom. The van der Waals surface area contributed by atoms with Gasteiger partial charge in [-0.1, -0.05) is 61.9 Å². The third-order valence-electron chi connectivity index (χ3n) is 4.17. The highest BCUT2D eigenvalue weighted by molar-refractivity contribution is 8.26. The second kappa shape index (κ2) is 7.53. The lowest BCUT2D eigenvalue weighted by molar-refractivity contribution is -0.122. The van der Waals surface area contributed by atoms with Crippen LogP contribution in [0.5, 0.6) is 5.75 Å². The van der Waals surface area contributed by atoms with Gasteiger partial charge in [0.25, 0.3) is 5.91 Å². The van der Waals surface area contributed by atoms with Crippen LogP contribution in [0.25, 0.3) is 6.08 Å². The van der Waals surface area contributed by atoms with E-state index in [1.807, 2.05) is 37.3 Å². The zero-order valence-corrected chi connectivity index (χ0v) is 15.6. The summed E-state index contributed by atoms with van der Waals surface area (Å²) in [5, 5.41) is 0. The number of hydrogen-bond acceptors (Lipinski definition) is 4. The maximum Gasteiger partial charge on any atom is 0.266 e. The molecule has 1 aromatic rings. The maximum atomic E-state index is 12.6. The molecule has 1 fully saturated rings. The van der Waals surface area contributed by atoms with Gasteiger partial charge in [0.15, 0.2) is 0 Å². The summed E-state index contributed by atoms with van der Waals surface area (Å²) in [6, 6.07) is 7.93. The number of unbranched alkanes of at least 4 members (excludes halogenated alkanes) is 2. The molecular formula is C19H21NO2S2. The minimum Gasteiger partial charge on any atom is -0.485 e. The molecule has 2 aliphatic rings. The van der Waals surface area contributed by atoms with Gasteiger partial charge in [0.1, 0.15) is 16.2 Å². The van der Waals surface area contributed by atoms with E-state index in [9.17, 15) is 4.79 Å². The summed E-state index contributed by atoms with van der Waals surface area (Å²) in [6.45, 7) is 4.86. The van der Waals surface area contributed by atoms with E-state index in [1.54, 1.807) is 4.90 Å². The van der Waals surface area contributed by atoms with Gasteiger partial charge < -0.3 is 4.74 Å². The Balaban J connectivity index is 1.80. The average molecular weight is 360 g/mol. The second-order valence-electron chi connectivity index (χ2n) is 5.98. The van der Waals surface area contributed by atoms with Crippen molar-refractivity contribution in [3.05, 3.63) is 46.4 Å². The van der Waals surface area contributed by atoms with Crippen LogP contribution in [0.1, 0.15) is 38.7 Å². The van der Waals surface area contributed by atoms with Gasteiger partial charge in [-0.3, -0.25) is 9.69 Å². The molecule has 0 spiro atoms. The fourth-order valence-corrected chi connectivity index (χ4v) is 4.09. The molecule has 3 nitrogen and oxygen atoms in total. The number of hydrogen-bond donors (Lipinski definition) is 0. The van der Waals surface area contributed by atoms with Crippen molar-refractivity contribution in [2.24, 2.45) is 0 Å². The van der Waals surface area contributed by atoms with E-state index in [-0.39, 0.29) is 12.0 Å². The first-order valence-electron chi connectivity index (χ1n) is 8.32. The molecule has 3 rings (SSSR count). The van der Waals surface area contributed by atoms with E-state index in [1.165, 1.54) is 11.8 Å². The zero-order valence-electron chi connectivity index (χ0n) is 14.0. The zero-order chi connectivity index (χ0) is 17.1. The number of amides is 1. The number of rotatable bonds is 5. The van der Waals surface area contributed by atoms with E-state index in [2.05, 4.69) is 13.0 Å². The normalized spacial score (nSPS) is 21.8. The van der Waals surface area contributed by atoms with E-state index in [0.29, 0.717) is 15.8 Å². The monoisotopic (exact) mass is 359 g/mol. The van der Waals surface area contributed by atoms with E-state index < -0.39 is 0 Å². The van der Waals surface area contributed by atoms with Crippen molar-refractivity contribution in [2.75, 3.05) is 6.54 Å². The van der Waals surface area contributed by atoms with Crippen molar-refractivity contribution >= 4 is 40.3 Å². The van der Waals surface area contributed by atoms with Crippen molar-refractivity contribution in [1.29, 1.82) is 0 Å². The average Bonchev–Trinajstić information content (AvgIpc) is 2.83. The first-order valence-corrected chi connectivity index (χ1v) is 9.55. The number of nitrogens with zero attached hydrogens (tertiary/aromatic N) is 1. The minimum absolute atomic E-state index is 0.0214. The predicted octanol–water partition coefficient (Wildman–Crippen LogP) is 4.79. The first-order chi connectivity index (χ1) is 11.6. The number of carbonyl (C=O) groups is 1. The fourth-order valence-electron chi connectivity index (χ4n) is 2.79. The molecule has 126 valence electrons. The predicted molar refractivity (Wildman–Crippen MR) is 104 cm³/mol. The summed E-state index contributed by atoms with van der Waals surface area (Å²) in [6.07, 6.45) is 7.18. The number of fused-ring (bicyclic) bond motifs is 1. The molecule has 0 bridgehead atoms. The van der Waals surface area contributed by atoms with Crippen LogP contribution in [0, 0.1) is 0 Å². The van der Waals surface area contributed by atoms with Crippen molar-refractivity contribution in [2.45, 2.75) is 39.2 Å². The molecule has 2 heterocycles. The number of benzene rings is 1. The van der Waals surface area contributed by atoms with Crippen LogP contribution < -0.4 is 4.74 Å². The highest BCUT2D eigenvalue weighted by atomic mass is 32.2. The molecule has 2 aliphatic heterocycles. The summed E-state index contributed by atoms with van der Waals surface area (Å²) >= 11 is 6.77. The highest BCUT2D eigenvalue weighted by Crippen LogP contribution is 2.35. The Bertz CT molecular complexity index is 724. The first kappa shape index (κ1) is 17.2. The molecule has 0 unspecified atom stereocenters. The van der Waals surface area contributed by atoms with Gasteiger partial charge in [-0.15, -0.1) is 0 Å². The molecule has 1 saturated heterocycles. The molecule has 1 amide bonds. The molecule has 0 aromatic heterocycles. The Morgan fingerprint density at radius 1 is 1.33 bits per heavy atom. The summed E-state index contributed by atoms with van der Waals surface area (Å²) in [4.78, 5) is 15.0. The molecule has 1 aromatic carbocycles. The molecule has 5 heteroatoms. The van der Waals surface area contributed by atoms with Crippen molar-refractivity contribution < 1.29 is 9.53 Å². The van der Waals surface area contributed by atoms with Crippen LogP contribution in [-0.4, -0.2) is 27.8 Å². The third kappa shape index (κ3) is 3.57. The largest absolute Gasteiger partial charge is 0.485 e. The van der Waals surface area contributed by atoms with Gasteiger partial charge in [-0.25, -0.2) is 0 Å². The topological polar surface area (TPSA) is 29.5 Å². The van der Waals surface area contributed by atoms with Gasteiger partial charge in [0, 0.05) is 12.1 Å². The van der Waals surface area contributed by atoms with Gasteiger partial charge in [0.05, 0.1) is 4.91 Å². The van der Waals surface area contributed by atoms with E-state index in [0.717, 1.165) is 36.1 Å². The summed E-state index contributed by atoms with van der Waals surface area (Å²) in [5.74, 6) is 0.905. The molecular weight excluding hydrogens is 338 g/mol. The lowest BCUT2D eigenvalue weighted by atomic mass is 10.0. The molecule has 0 aliphatic carbocycles. The summed E-state index contributed by atoms with van der Waals surface area (Å²) in [7, 11) is 0. The summed E-state index contributed by atoms with van der Waals surface area (Å²) in [5.41, 5.74) is 2.04. The number of para-hydroxylation sites is 1. The van der Waals surface area contributed by atoms with Crippen molar-refractivity contribution in [1.82, 2.24) is 4.90 Å². The van der Waals surface area contributed by atoms with Gasteiger partial charge in [-0.05, 0) is 37.1 Å². The molecule has 0 radical (unpaired) electrons. The fraction of sp³-hybridized carbons (Fsp3) is 0.368. The smallest absolute Gasteiger partial charge is 0.266 e. The second-order valence-corrected chi connectivity index (χ2v) is 7.66. The van der Waals surface area contributed by atoms with Crippen LogP contribution in [0.15, 0.2) is 40.8 Å². The van der Waals surface area contributed by atoms with Crippen LogP contribution >= 0.6 is 24.0 Å². The number of carbonyl (C=O) groups excluding carboxylic acids is 1. The van der Waals surface area contributed by atoms with E-state index >= 15 is 0 Å². The molecule has 24 heavy (non-hydrogen) atoms. The van der Waals surface area contributed by atoms with Crippen LogP contribution in [0.2, 0.25) is 0 Å². The van der Waals surface area contributed by atoms with Crippen LogP contribution in [-0.2, 0) is 4.79 Å². The minimum atomic E-state index is -0.0801. The van der Waals surface area contributed by atoms with Crippen molar-refractivity contribution in [3.8, 4) is 5.75 Å². The van der Waals surface area contributed by atoms with Crippen molar-refractivity contribution in [3.63, 3.8) is 0 Å². The Labute approximate surface area is 152 Å². The Hall–Kier alpha value is -1.59. The number of thioether (sulfide) groups is 1. The van der Waals surface area contributed by atoms with E-state index in [4.69, 9.17) is 17.0 Å². The quantitative estimate of drug-likeness (QED) is 0.430. The Morgan fingerprint density at radius 2 is 2.12 bits per heavy atom. The van der Waals surface area contributed by atoms with Gasteiger partial charge in [-0.2, -0.15) is 0 Å². The van der Waals surface area contributed by atoms with Gasteiger partial charge in [0.2, 0.25) is 0 Å². The lowest BCUT2D eigenvalue weighted by Gasteiger charge is -2.23. The third-order valence-corrected chi connectivity index (χ3v) is 5.55. The Kier molecular flexibility index (Phi) is 5.41. The molecule has 0 N–H and O–H groups in total. The number of ether oxygens (including phenoxy) is 1.